The van der Waals surface area contributed by atoms with Crippen LogP contribution >= 0.6 is 0 Å². The predicted molar refractivity (Wildman–Crippen MR) is 107 cm³/mol. The summed E-state index contributed by atoms with van der Waals surface area (Å²) in [5, 5.41) is 12.5. The fourth-order valence-corrected chi connectivity index (χ4v) is 2.93. The summed E-state index contributed by atoms with van der Waals surface area (Å²) in [6.07, 6.45) is 1.33. The van der Waals surface area contributed by atoms with Gasteiger partial charge >= 0.3 is 0 Å². The number of carbonyl (C=O) groups is 1. The molecule has 3 aromatic rings. The molecule has 2 aromatic carbocycles. The summed E-state index contributed by atoms with van der Waals surface area (Å²) < 4.78 is 2.04. The van der Waals surface area contributed by atoms with Gasteiger partial charge in [-0.15, -0.1) is 0 Å². The molecule has 5 heteroatoms. The highest BCUT2D eigenvalue weighted by Gasteiger charge is 2.07. The van der Waals surface area contributed by atoms with Crippen molar-refractivity contribution in [1.82, 2.24) is 14.9 Å². The molecular formula is C22H25N3O2. The Balaban J connectivity index is 1.59. The van der Waals surface area contributed by atoms with Crippen LogP contribution in [0.5, 0.6) is 0 Å². The number of amides is 1. The van der Waals surface area contributed by atoms with E-state index < -0.39 is 6.10 Å². The Morgan fingerprint density at radius 1 is 1.07 bits per heavy atom. The maximum absolute atomic E-state index is 12.3. The van der Waals surface area contributed by atoms with Gasteiger partial charge in [0.25, 0.3) is 5.91 Å². The van der Waals surface area contributed by atoms with E-state index in [1.54, 1.807) is 13.3 Å². The smallest absolute Gasteiger partial charge is 0.251 e. The molecule has 27 heavy (non-hydrogen) atoms. The van der Waals surface area contributed by atoms with Crippen molar-refractivity contribution in [2.75, 3.05) is 6.54 Å². The number of rotatable bonds is 6. The van der Waals surface area contributed by atoms with Crippen LogP contribution in [0.25, 0.3) is 11.1 Å². The monoisotopic (exact) mass is 363 g/mol. The van der Waals surface area contributed by atoms with Gasteiger partial charge in [-0.3, -0.25) is 4.79 Å². The van der Waals surface area contributed by atoms with Gasteiger partial charge in [-0.25, -0.2) is 4.98 Å². The summed E-state index contributed by atoms with van der Waals surface area (Å²) >= 11 is 0. The van der Waals surface area contributed by atoms with Crippen molar-refractivity contribution >= 4 is 5.91 Å². The molecule has 0 aliphatic rings. The third-order valence-electron chi connectivity index (χ3n) is 4.86. The van der Waals surface area contributed by atoms with E-state index in [1.807, 2.05) is 66.9 Å². The number of aliphatic hydroxyl groups excluding tert-OH is 1. The zero-order valence-electron chi connectivity index (χ0n) is 15.9. The number of aromatic nitrogens is 2. The molecule has 0 saturated heterocycles. The first-order chi connectivity index (χ1) is 13.0. The lowest BCUT2D eigenvalue weighted by Gasteiger charge is -2.09. The molecule has 140 valence electrons. The number of hydrogen-bond donors (Lipinski definition) is 2. The number of nitrogens with zero attached hydrogens (tertiary/aromatic N) is 2. The van der Waals surface area contributed by atoms with Crippen LogP contribution in [0.4, 0.5) is 0 Å². The van der Waals surface area contributed by atoms with Gasteiger partial charge in [-0.1, -0.05) is 36.4 Å². The Morgan fingerprint density at radius 2 is 1.67 bits per heavy atom. The molecule has 0 fully saturated rings. The molecule has 2 N–H and O–H groups in total. The molecule has 0 unspecified atom stereocenters. The largest absolute Gasteiger partial charge is 0.389 e. The average Bonchev–Trinajstić information content (AvgIpc) is 3.00. The molecule has 0 radical (unpaired) electrons. The number of aliphatic hydroxyl groups is 1. The van der Waals surface area contributed by atoms with Crippen molar-refractivity contribution in [3.05, 3.63) is 77.4 Å². The second-order valence-corrected chi connectivity index (χ2v) is 6.74. The van der Waals surface area contributed by atoms with E-state index in [2.05, 4.69) is 10.3 Å². The van der Waals surface area contributed by atoms with Crippen molar-refractivity contribution in [1.29, 1.82) is 0 Å². The SMILES string of the molecule is Cc1ncn(CCNC(=O)c2ccc(-c3ccc([C@H](C)O)cc3)cc2)c1C. The molecule has 1 atom stereocenters. The minimum atomic E-state index is -0.472. The van der Waals surface area contributed by atoms with Gasteiger partial charge in [-0.2, -0.15) is 0 Å². The Bertz CT molecular complexity index is 910. The summed E-state index contributed by atoms with van der Waals surface area (Å²) in [6.45, 7) is 7.00. The van der Waals surface area contributed by atoms with E-state index in [0.717, 1.165) is 28.1 Å². The normalized spacial score (nSPS) is 12.0. The topological polar surface area (TPSA) is 67.2 Å². The van der Waals surface area contributed by atoms with Crippen LogP contribution in [0.3, 0.4) is 0 Å². The van der Waals surface area contributed by atoms with Gasteiger partial charge in [0.05, 0.1) is 18.1 Å². The summed E-state index contributed by atoms with van der Waals surface area (Å²) in [5.41, 5.74) is 5.75. The molecule has 1 aromatic heterocycles. The van der Waals surface area contributed by atoms with E-state index in [9.17, 15) is 9.90 Å². The van der Waals surface area contributed by atoms with Crippen LogP contribution in [0.1, 0.15) is 40.3 Å². The number of benzene rings is 2. The van der Waals surface area contributed by atoms with Crippen molar-refractivity contribution in [3.63, 3.8) is 0 Å². The lowest BCUT2D eigenvalue weighted by atomic mass is 10.0. The minimum Gasteiger partial charge on any atom is -0.389 e. The summed E-state index contributed by atoms with van der Waals surface area (Å²) in [4.78, 5) is 16.6. The molecule has 0 bridgehead atoms. The second kappa shape index (κ2) is 8.18. The van der Waals surface area contributed by atoms with Crippen LogP contribution < -0.4 is 5.32 Å². The Morgan fingerprint density at radius 3 is 2.19 bits per heavy atom. The van der Waals surface area contributed by atoms with Crippen molar-refractivity contribution in [2.45, 2.75) is 33.4 Å². The highest BCUT2D eigenvalue weighted by Crippen LogP contribution is 2.22. The van der Waals surface area contributed by atoms with Crippen LogP contribution in [0.2, 0.25) is 0 Å². The molecule has 0 aliphatic heterocycles. The second-order valence-electron chi connectivity index (χ2n) is 6.74. The zero-order valence-corrected chi connectivity index (χ0v) is 15.9. The number of carbonyl (C=O) groups excluding carboxylic acids is 1. The number of aryl methyl sites for hydroxylation is 1. The maximum Gasteiger partial charge on any atom is 0.251 e. The molecule has 0 spiro atoms. The molecular weight excluding hydrogens is 338 g/mol. The van der Waals surface area contributed by atoms with Crippen molar-refractivity contribution in [3.8, 4) is 11.1 Å². The zero-order chi connectivity index (χ0) is 19.4. The lowest BCUT2D eigenvalue weighted by Crippen LogP contribution is -2.27. The Kier molecular flexibility index (Phi) is 5.72. The molecule has 1 amide bonds. The van der Waals surface area contributed by atoms with E-state index in [-0.39, 0.29) is 5.91 Å². The predicted octanol–water partition coefficient (Wildman–Crippen LogP) is 3.65. The standard InChI is InChI=1S/C22H25N3O2/c1-15-16(2)25(14-24-15)13-12-23-22(27)21-10-8-20(9-11-21)19-6-4-18(5-7-19)17(3)26/h4-11,14,17,26H,12-13H2,1-3H3,(H,23,27)/t17-/m0/s1. The van der Waals surface area contributed by atoms with Crippen LogP contribution in [0, 0.1) is 13.8 Å². The van der Waals surface area contributed by atoms with Gasteiger partial charge in [0.2, 0.25) is 0 Å². The fourth-order valence-electron chi connectivity index (χ4n) is 2.93. The van der Waals surface area contributed by atoms with Crippen molar-refractivity contribution < 1.29 is 9.90 Å². The van der Waals surface area contributed by atoms with E-state index in [4.69, 9.17) is 0 Å². The van der Waals surface area contributed by atoms with Crippen LogP contribution in [-0.2, 0) is 6.54 Å². The van der Waals surface area contributed by atoms with E-state index >= 15 is 0 Å². The molecule has 0 aliphatic carbocycles. The number of nitrogens with one attached hydrogen (secondary N) is 1. The summed E-state index contributed by atoms with van der Waals surface area (Å²) in [5.74, 6) is -0.0829. The first kappa shape index (κ1) is 18.9. The van der Waals surface area contributed by atoms with Gasteiger partial charge in [0.15, 0.2) is 0 Å². The van der Waals surface area contributed by atoms with E-state index in [1.165, 1.54) is 0 Å². The highest BCUT2D eigenvalue weighted by atomic mass is 16.3. The first-order valence-corrected chi connectivity index (χ1v) is 9.10. The molecule has 5 nitrogen and oxygen atoms in total. The average molecular weight is 363 g/mol. The summed E-state index contributed by atoms with van der Waals surface area (Å²) in [7, 11) is 0. The van der Waals surface area contributed by atoms with Crippen LogP contribution in [0.15, 0.2) is 54.9 Å². The Labute approximate surface area is 159 Å². The number of hydrogen-bond acceptors (Lipinski definition) is 3. The van der Waals surface area contributed by atoms with Crippen LogP contribution in [-0.4, -0.2) is 27.1 Å². The number of imidazole rings is 1. The van der Waals surface area contributed by atoms with E-state index in [0.29, 0.717) is 18.7 Å². The third kappa shape index (κ3) is 4.44. The molecule has 1 heterocycles. The first-order valence-electron chi connectivity index (χ1n) is 9.10. The van der Waals surface area contributed by atoms with Gasteiger partial charge in [0.1, 0.15) is 0 Å². The molecule has 0 saturated carbocycles. The highest BCUT2D eigenvalue weighted by molar-refractivity contribution is 5.94. The minimum absolute atomic E-state index is 0.0829. The molecule has 3 rings (SSSR count). The van der Waals surface area contributed by atoms with Gasteiger partial charge < -0.3 is 15.0 Å². The maximum atomic E-state index is 12.3. The Hall–Kier alpha value is -2.92. The third-order valence-corrected chi connectivity index (χ3v) is 4.86. The van der Waals surface area contributed by atoms with Gasteiger partial charge in [0, 0.05) is 24.3 Å². The van der Waals surface area contributed by atoms with Crippen molar-refractivity contribution in [2.24, 2.45) is 0 Å². The lowest BCUT2D eigenvalue weighted by molar-refractivity contribution is 0.0952. The van der Waals surface area contributed by atoms with Gasteiger partial charge in [-0.05, 0) is 49.6 Å². The summed E-state index contributed by atoms with van der Waals surface area (Å²) in [6, 6.07) is 15.3. The quantitative estimate of drug-likeness (QED) is 0.702. The fraction of sp³-hybridized carbons (Fsp3) is 0.273.